The summed E-state index contributed by atoms with van der Waals surface area (Å²) in [5.74, 6) is 0.681. The standard InChI is InChI=1S/C20H24N2O/c23-19(15-16-9-3-1-4-10-16)22-20(17-11-5-2-6-12-17)18-13-7-8-14-21-18/h2,5-8,11-14,16,20H,1,3-4,9-10,15H2,(H,22,23)/t20-/m0/s1. The maximum absolute atomic E-state index is 12.5. The van der Waals surface area contributed by atoms with Crippen molar-refractivity contribution >= 4 is 5.91 Å². The Morgan fingerprint density at radius 2 is 1.78 bits per heavy atom. The van der Waals surface area contributed by atoms with Crippen LogP contribution in [0.15, 0.2) is 54.7 Å². The molecule has 0 saturated heterocycles. The van der Waals surface area contributed by atoms with Crippen molar-refractivity contribution in [1.29, 1.82) is 0 Å². The van der Waals surface area contributed by atoms with Crippen LogP contribution in [0.5, 0.6) is 0 Å². The number of nitrogens with zero attached hydrogens (tertiary/aromatic N) is 1. The minimum absolute atomic E-state index is 0.136. The molecular formula is C20H24N2O. The first kappa shape index (κ1) is 15.7. The van der Waals surface area contributed by atoms with E-state index in [1.165, 1.54) is 32.1 Å². The van der Waals surface area contributed by atoms with E-state index in [4.69, 9.17) is 0 Å². The lowest BCUT2D eigenvalue weighted by Gasteiger charge is -2.23. The third kappa shape index (κ3) is 4.41. The first-order chi connectivity index (χ1) is 11.3. The molecule has 1 atom stereocenters. The van der Waals surface area contributed by atoms with E-state index in [0.29, 0.717) is 12.3 Å². The van der Waals surface area contributed by atoms with Crippen LogP contribution >= 0.6 is 0 Å². The number of aromatic nitrogens is 1. The Kier molecular flexibility index (Phi) is 5.41. The van der Waals surface area contributed by atoms with Gasteiger partial charge in [0.25, 0.3) is 0 Å². The fraction of sp³-hybridized carbons (Fsp3) is 0.400. The lowest BCUT2D eigenvalue weighted by atomic mass is 9.86. The summed E-state index contributed by atoms with van der Waals surface area (Å²) in [5.41, 5.74) is 1.96. The minimum atomic E-state index is -0.173. The summed E-state index contributed by atoms with van der Waals surface area (Å²) in [4.78, 5) is 17.0. The third-order valence-electron chi connectivity index (χ3n) is 4.62. The highest BCUT2D eigenvalue weighted by Crippen LogP contribution is 2.27. The highest BCUT2D eigenvalue weighted by atomic mass is 16.1. The van der Waals surface area contributed by atoms with Crippen LogP contribution in [-0.4, -0.2) is 10.9 Å². The molecule has 1 aliphatic carbocycles. The fourth-order valence-corrected chi connectivity index (χ4v) is 3.39. The van der Waals surface area contributed by atoms with Crippen molar-refractivity contribution in [3.63, 3.8) is 0 Å². The van der Waals surface area contributed by atoms with Crippen molar-refractivity contribution < 1.29 is 4.79 Å². The molecule has 1 amide bonds. The lowest BCUT2D eigenvalue weighted by molar-refractivity contribution is -0.122. The summed E-state index contributed by atoms with van der Waals surface area (Å²) in [7, 11) is 0. The normalized spacial score (nSPS) is 16.7. The van der Waals surface area contributed by atoms with Crippen LogP contribution in [0.4, 0.5) is 0 Å². The second-order valence-electron chi connectivity index (χ2n) is 6.37. The zero-order valence-corrected chi connectivity index (χ0v) is 13.4. The summed E-state index contributed by atoms with van der Waals surface area (Å²) >= 11 is 0. The van der Waals surface area contributed by atoms with Crippen molar-refractivity contribution in [2.24, 2.45) is 5.92 Å². The number of hydrogen-bond donors (Lipinski definition) is 1. The molecule has 3 heteroatoms. The molecule has 1 heterocycles. The van der Waals surface area contributed by atoms with Crippen molar-refractivity contribution in [2.45, 2.75) is 44.6 Å². The van der Waals surface area contributed by atoms with E-state index in [1.54, 1.807) is 6.20 Å². The molecule has 0 unspecified atom stereocenters. The fourth-order valence-electron chi connectivity index (χ4n) is 3.39. The van der Waals surface area contributed by atoms with Gasteiger partial charge in [0.1, 0.15) is 0 Å². The summed E-state index contributed by atoms with van der Waals surface area (Å²) in [5, 5.41) is 3.20. The van der Waals surface area contributed by atoms with Crippen LogP contribution in [0.1, 0.15) is 55.8 Å². The van der Waals surface area contributed by atoms with E-state index < -0.39 is 0 Å². The van der Waals surface area contributed by atoms with Crippen molar-refractivity contribution in [2.75, 3.05) is 0 Å². The third-order valence-corrected chi connectivity index (χ3v) is 4.62. The van der Waals surface area contributed by atoms with Crippen LogP contribution in [0.25, 0.3) is 0 Å². The van der Waals surface area contributed by atoms with Gasteiger partial charge in [-0.3, -0.25) is 9.78 Å². The highest BCUT2D eigenvalue weighted by molar-refractivity contribution is 5.77. The number of carbonyl (C=O) groups excluding carboxylic acids is 1. The Morgan fingerprint density at radius 1 is 1.04 bits per heavy atom. The first-order valence-electron chi connectivity index (χ1n) is 8.58. The molecule has 3 rings (SSSR count). The minimum Gasteiger partial charge on any atom is -0.344 e. The number of hydrogen-bond acceptors (Lipinski definition) is 2. The topological polar surface area (TPSA) is 42.0 Å². The molecule has 1 aromatic carbocycles. The van der Waals surface area contributed by atoms with E-state index in [9.17, 15) is 4.79 Å². The zero-order chi connectivity index (χ0) is 15.9. The molecule has 23 heavy (non-hydrogen) atoms. The number of amides is 1. The largest absolute Gasteiger partial charge is 0.344 e. The molecule has 0 aliphatic heterocycles. The Labute approximate surface area is 138 Å². The molecule has 120 valence electrons. The second kappa shape index (κ2) is 7.91. The summed E-state index contributed by atoms with van der Waals surface area (Å²) in [6.45, 7) is 0. The Morgan fingerprint density at radius 3 is 2.48 bits per heavy atom. The van der Waals surface area contributed by atoms with Gasteiger partial charge in [0.2, 0.25) is 5.91 Å². The van der Waals surface area contributed by atoms with Gasteiger partial charge < -0.3 is 5.32 Å². The van der Waals surface area contributed by atoms with Crippen LogP contribution < -0.4 is 5.32 Å². The average molecular weight is 308 g/mol. The summed E-state index contributed by atoms with van der Waals surface area (Å²) in [6.07, 6.45) is 8.63. The van der Waals surface area contributed by atoms with Gasteiger partial charge in [-0.1, -0.05) is 55.7 Å². The van der Waals surface area contributed by atoms with E-state index in [1.807, 2.05) is 48.5 Å². The predicted molar refractivity (Wildman–Crippen MR) is 91.9 cm³/mol. The maximum atomic E-state index is 12.5. The van der Waals surface area contributed by atoms with Gasteiger partial charge in [-0.2, -0.15) is 0 Å². The number of nitrogens with one attached hydrogen (secondary N) is 1. The molecule has 1 saturated carbocycles. The molecule has 1 aromatic heterocycles. The SMILES string of the molecule is O=C(CC1CCCCC1)N[C@@H](c1ccccc1)c1ccccn1. The number of benzene rings is 1. The van der Waals surface area contributed by atoms with Gasteiger partial charge in [0.15, 0.2) is 0 Å². The average Bonchev–Trinajstić information content (AvgIpc) is 2.62. The predicted octanol–water partition coefficient (Wildman–Crippen LogP) is 4.26. The Balaban J connectivity index is 1.72. The molecule has 1 aliphatic rings. The summed E-state index contributed by atoms with van der Waals surface area (Å²) < 4.78 is 0. The Bertz CT molecular complexity index is 567. The number of pyridine rings is 1. The molecule has 0 bridgehead atoms. The molecule has 1 N–H and O–H groups in total. The van der Waals surface area contributed by atoms with Gasteiger partial charge >= 0.3 is 0 Å². The van der Waals surface area contributed by atoms with Gasteiger partial charge in [0, 0.05) is 12.6 Å². The van der Waals surface area contributed by atoms with Crippen LogP contribution in [-0.2, 0) is 4.79 Å². The summed E-state index contributed by atoms with van der Waals surface area (Å²) in [6, 6.07) is 15.7. The van der Waals surface area contributed by atoms with E-state index >= 15 is 0 Å². The van der Waals surface area contributed by atoms with Gasteiger partial charge in [-0.15, -0.1) is 0 Å². The van der Waals surface area contributed by atoms with Crippen molar-refractivity contribution in [1.82, 2.24) is 10.3 Å². The molecule has 0 spiro atoms. The molecule has 3 nitrogen and oxygen atoms in total. The highest BCUT2D eigenvalue weighted by Gasteiger charge is 2.21. The smallest absolute Gasteiger partial charge is 0.221 e. The molecular weight excluding hydrogens is 284 g/mol. The second-order valence-corrected chi connectivity index (χ2v) is 6.37. The molecule has 0 radical (unpaired) electrons. The van der Waals surface area contributed by atoms with Crippen molar-refractivity contribution in [3.8, 4) is 0 Å². The van der Waals surface area contributed by atoms with Gasteiger partial charge in [-0.05, 0) is 36.5 Å². The van der Waals surface area contributed by atoms with Gasteiger partial charge in [-0.25, -0.2) is 0 Å². The number of rotatable bonds is 5. The lowest BCUT2D eigenvalue weighted by Crippen LogP contribution is -2.31. The van der Waals surface area contributed by atoms with E-state index in [0.717, 1.165) is 11.3 Å². The quantitative estimate of drug-likeness (QED) is 0.897. The Hall–Kier alpha value is -2.16. The molecule has 2 aromatic rings. The van der Waals surface area contributed by atoms with Crippen LogP contribution in [0.2, 0.25) is 0 Å². The monoisotopic (exact) mass is 308 g/mol. The van der Waals surface area contributed by atoms with Crippen molar-refractivity contribution in [3.05, 3.63) is 66.0 Å². The maximum Gasteiger partial charge on any atom is 0.221 e. The van der Waals surface area contributed by atoms with Crippen LogP contribution in [0, 0.1) is 5.92 Å². The van der Waals surface area contributed by atoms with Crippen LogP contribution in [0.3, 0.4) is 0 Å². The van der Waals surface area contributed by atoms with Gasteiger partial charge in [0.05, 0.1) is 11.7 Å². The van der Waals surface area contributed by atoms with E-state index in [2.05, 4.69) is 10.3 Å². The first-order valence-corrected chi connectivity index (χ1v) is 8.58. The molecule has 1 fully saturated rings. The number of carbonyl (C=O) groups is 1. The zero-order valence-electron chi connectivity index (χ0n) is 13.4. The van der Waals surface area contributed by atoms with E-state index in [-0.39, 0.29) is 11.9 Å².